The Kier molecular flexibility index (Phi) is 4.26. The number of aromatic nitrogens is 2. The number of carboxylic acid groups (broad SMARTS) is 1. The molecule has 0 aliphatic carbocycles. The van der Waals surface area contributed by atoms with Crippen LogP contribution in [0.4, 0.5) is 4.79 Å². The number of carbonyl (C=O) groups excluding carboxylic acids is 1. The van der Waals surface area contributed by atoms with Gasteiger partial charge in [-0.3, -0.25) is 9.89 Å². The summed E-state index contributed by atoms with van der Waals surface area (Å²) >= 11 is 0. The van der Waals surface area contributed by atoms with Gasteiger partial charge in [0.2, 0.25) is 0 Å². The molecule has 1 aromatic heterocycles. The van der Waals surface area contributed by atoms with Crippen molar-refractivity contribution in [3.05, 3.63) is 18.0 Å². The standard InChI is InChI=1S/C13H20N4O3/c1-9-5-11(12(18)19)3-4-17(9)13(20)16(2)8-10-6-14-15-7-10/h6-7,9,11H,3-5,8H2,1-2H3,(H,14,15)(H,18,19). The Morgan fingerprint density at radius 2 is 2.35 bits per heavy atom. The van der Waals surface area contributed by atoms with Gasteiger partial charge < -0.3 is 14.9 Å². The highest BCUT2D eigenvalue weighted by Crippen LogP contribution is 2.24. The molecule has 2 unspecified atom stereocenters. The predicted octanol–water partition coefficient (Wildman–Crippen LogP) is 1.15. The molecule has 1 aliphatic heterocycles. The summed E-state index contributed by atoms with van der Waals surface area (Å²) in [5.41, 5.74) is 0.939. The summed E-state index contributed by atoms with van der Waals surface area (Å²) in [4.78, 5) is 26.8. The van der Waals surface area contributed by atoms with E-state index in [1.807, 2.05) is 6.92 Å². The fourth-order valence-corrected chi connectivity index (χ4v) is 2.61. The van der Waals surface area contributed by atoms with Gasteiger partial charge in [0.15, 0.2) is 0 Å². The van der Waals surface area contributed by atoms with Gasteiger partial charge in [-0.15, -0.1) is 0 Å². The number of carboxylic acids is 1. The second kappa shape index (κ2) is 5.94. The fourth-order valence-electron chi connectivity index (χ4n) is 2.61. The third-order valence-electron chi connectivity index (χ3n) is 3.77. The summed E-state index contributed by atoms with van der Waals surface area (Å²) in [5.74, 6) is -1.11. The molecular formula is C13H20N4O3. The third-order valence-corrected chi connectivity index (χ3v) is 3.77. The van der Waals surface area contributed by atoms with Crippen LogP contribution in [0.1, 0.15) is 25.3 Å². The lowest BCUT2D eigenvalue weighted by atomic mass is 9.92. The molecule has 2 atom stereocenters. The summed E-state index contributed by atoms with van der Waals surface area (Å²) in [6, 6.07) is -0.119. The largest absolute Gasteiger partial charge is 0.481 e. The SMILES string of the molecule is CC1CC(C(=O)O)CCN1C(=O)N(C)Cc1cn[nH]c1. The topological polar surface area (TPSA) is 89.5 Å². The highest BCUT2D eigenvalue weighted by molar-refractivity contribution is 5.75. The Morgan fingerprint density at radius 3 is 2.90 bits per heavy atom. The van der Waals surface area contributed by atoms with Gasteiger partial charge in [-0.1, -0.05) is 0 Å². The minimum atomic E-state index is -0.768. The first-order valence-corrected chi connectivity index (χ1v) is 6.71. The smallest absolute Gasteiger partial charge is 0.320 e. The zero-order valence-corrected chi connectivity index (χ0v) is 11.7. The lowest BCUT2D eigenvalue weighted by Crippen LogP contribution is -2.50. The fraction of sp³-hybridized carbons (Fsp3) is 0.615. The van der Waals surface area contributed by atoms with E-state index in [0.717, 1.165) is 5.56 Å². The molecule has 2 heterocycles. The first kappa shape index (κ1) is 14.4. The predicted molar refractivity (Wildman–Crippen MR) is 72.0 cm³/mol. The Balaban J connectivity index is 1.94. The van der Waals surface area contributed by atoms with E-state index in [2.05, 4.69) is 10.2 Å². The highest BCUT2D eigenvalue weighted by Gasteiger charge is 2.33. The molecule has 7 nitrogen and oxygen atoms in total. The number of aliphatic carboxylic acids is 1. The molecule has 2 rings (SSSR count). The van der Waals surface area contributed by atoms with E-state index in [1.165, 1.54) is 0 Å². The van der Waals surface area contributed by atoms with Crippen LogP contribution in [0.15, 0.2) is 12.4 Å². The summed E-state index contributed by atoms with van der Waals surface area (Å²) in [5, 5.41) is 15.6. The van der Waals surface area contributed by atoms with Gasteiger partial charge in [0.05, 0.1) is 18.7 Å². The van der Waals surface area contributed by atoms with E-state index in [9.17, 15) is 9.59 Å². The zero-order valence-electron chi connectivity index (χ0n) is 11.7. The number of carbonyl (C=O) groups is 2. The Morgan fingerprint density at radius 1 is 1.60 bits per heavy atom. The number of aromatic amines is 1. The first-order chi connectivity index (χ1) is 9.49. The molecule has 1 aliphatic rings. The van der Waals surface area contributed by atoms with Crippen LogP contribution in [0.25, 0.3) is 0 Å². The Bertz CT molecular complexity index is 474. The van der Waals surface area contributed by atoms with Gasteiger partial charge in [-0.2, -0.15) is 5.10 Å². The lowest BCUT2D eigenvalue weighted by molar-refractivity contribution is -0.143. The van der Waals surface area contributed by atoms with Gasteiger partial charge in [0.1, 0.15) is 0 Å². The van der Waals surface area contributed by atoms with Crippen molar-refractivity contribution in [1.29, 1.82) is 0 Å². The average Bonchev–Trinajstić information content (AvgIpc) is 2.90. The number of amides is 2. The maximum atomic E-state index is 12.4. The second-order valence-electron chi connectivity index (χ2n) is 5.35. The van der Waals surface area contributed by atoms with Crippen LogP contribution in [0, 0.1) is 5.92 Å². The van der Waals surface area contributed by atoms with Gasteiger partial charge in [-0.05, 0) is 19.8 Å². The van der Waals surface area contributed by atoms with Gasteiger partial charge in [0.25, 0.3) is 0 Å². The van der Waals surface area contributed by atoms with Crippen molar-refractivity contribution >= 4 is 12.0 Å². The van der Waals surface area contributed by atoms with Gasteiger partial charge in [0, 0.05) is 31.4 Å². The molecule has 1 aromatic rings. The van der Waals surface area contributed by atoms with Gasteiger partial charge >= 0.3 is 12.0 Å². The molecule has 2 amide bonds. The van der Waals surface area contributed by atoms with E-state index >= 15 is 0 Å². The second-order valence-corrected chi connectivity index (χ2v) is 5.35. The summed E-state index contributed by atoms with van der Waals surface area (Å²) in [6.45, 7) is 2.88. The molecular weight excluding hydrogens is 260 g/mol. The van der Waals surface area contributed by atoms with Crippen molar-refractivity contribution in [3.63, 3.8) is 0 Å². The van der Waals surface area contributed by atoms with Crippen LogP contribution in [0.3, 0.4) is 0 Å². The minimum Gasteiger partial charge on any atom is -0.481 e. The number of rotatable bonds is 3. The number of urea groups is 1. The van der Waals surface area contributed by atoms with Crippen LogP contribution < -0.4 is 0 Å². The molecule has 0 bridgehead atoms. The molecule has 1 saturated heterocycles. The van der Waals surface area contributed by atoms with Crippen LogP contribution in [-0.2, 0) is 11.3 Å². The van der Waals surface area contributed by atoms with Crippen LogP contribution in [0.2, 0.25) is 0 Å². The lowest BCUT2D eigenvalue weighted by Gasteiger charge is -2.38. The van der Waals surface area contributed by atoms with Crippen LogP contribution in [-0.4, -0.2) is 56.7 Å². The van der Waals surface area contributed by atoms with E-state index in [0.29, 0.717) is 25.9 Å². The molecule has 0 aromatic carbocycles. The van der Waals surface area contributed by atoms with Crippen molar-refractivity contribution in [3.8, 4) is 0 Å². The summed E-state index contributed by atoms with van der Waals surface area (Å²) < 4.78 is 0. The minimum absolute atomic E-state index is 0.0517. The Labute approximate surface area is 117 Å². The van der Waals surface area contributed by atoms with E-state index in [4.69, 9.17) is 5.11 Å². The number of likely N-dealkylation sites (tertiary alicyclic amines) is 1. The maximum Gasteiger partial charge on any atom is 0.320 e. The monoisotopic (exact) mass is 280 g/mol. The molecule has 7 heteroatoms. The van der Waals surface area contributed by atoms with E-state index < -0.39 is 5.97 Å². The molecule has 0 spiro atoms. The number of nitrogens with zero attached hydrogens (tertiary/aromatic N) is 3. The van der Waals surface area contributed by atoms with Gasteiger partial charge in [-0.25, -0.2) is 4.79 Å². The zero-order chi connectivity index (χ0) is 14.7. The van der Waals surface area contributed by atoms with Crippen molar-refractivity contribution in [2.24, 2.45) is 5.92 Å². The third kappa shape index (κ3) is 3.09. The van der Waals surface area contributed by atoms with Crippen molar-refractivity contribution in [1.82, 2.24) is 20.0 Å². The molecule has 2 N–H and O–H groups in total. The molecule has 0 radical (unpaired) electrons. The number of hydrogen-bond acceptors (Lipinski definition) is 3. The molecule has 20 heavy (non-hydrogen) atoms. The maximum absolute atomic E-state index is 12.4. The number of H-pyrrole nitrogens is 1. The van der Waals surface area contributed by atoms with Crippen molar-refractivity contribution < 1.29 is 14.7 Å². The molecule has 0 saturated carbocycles. The van der Waals surface area contributed by atoms with Crippen LogP contribution >= 0.6 is 0 Å². The van der Waals surface area contributed by atoms with Crippen molar-refractivity contribution in [2.45, 2.75) is 32.4 Å². The quantitative estimate of drug-likeness (QED) is 0.869. The first-order valence-electron chi connectivity index (χ1n) is 6.71. The summed E-state index contributed by atoms with van der Waals surface area (Å²) in [6.07, 6.45) is 4.47. The number of hydrogen-bond donors (Lipinski definition) is 2. The number of piperidine rings is 1. The summed E-state index contributed by atoms with van der Waals surface area (Å²) in [7, 11) is 1.74. The average molecular weight is 280 g/mol. The van der Waals surface area contributed by atoms with E-state index in [-0.39, 0.29) is 18.0 Å². The normalized spacial score (nSPS) is 22.6. The molecule has 1 fully saturated rings. The van der Waals surface area contributed by atoms with E-state index in [1.54, 1.807) is 29.2 Å². The highest BCUT2D eigenvalue weighted by atomic mass is 16.4. The van der Waals surface area contributed by atoms with Crippen LogP contribution in [0.5, 0.6) is 0 Å². The van der Waals surface area contributed by atoms with Crippen molar-refractivity contribution in [2.75, 3.05) is 13.6 Å². The number of nitrogens with one attached hydrogen (secondary N) is 1. The molecule has 110 valence electrons. The Hall–Kier alpha value is -2.05.